The molecule has 10 atom stereocenters. The SMILES string of the molecule is CCC(CCC(C)C1CCC2C3=CCC4C(C)C(OC(C)=O)CCC4(C)C3CCC21C)C(C)C. The van der Waals surface area contributed by atoms with Gasteiger partial charge in [0.25, 0.3) is 0 Å². The fraction of sp³-hybridized carbons (Fsp3) is 0.906. The minimum atomic E-state index is -0.106. The Morgan fingerprint density at radius 3 is 2.35 bits per heavy atom. The van der Waals surface area contributed by atoms with E-state index < -0.39 is 0 Å². The Kier molecular flexibility index (Phi) is 7.67. The van der Waals surface area contributed by atoms with Crippen LogP contribution in [0, 0.1) is 58.2 Å². The number of hydrogen-bond acceptors (Lipinski definition) is 2. The molecule has 0 aromatic heterocycles. The van der Waals surface area contributed by atoms with Gasteiger partial charge in [0.05, 0.1) is 0 Å². The normalized spacial score (nSPS) is 43.4. The van der Waals surface area contributed by atoms with Crippen molar-refractivity contribution in [1.82, 2.24) is 0 Å². The summed E-state index contributed by atoms with van der Waals surface area (Å²) in [5, 5.41) is 0. The predicted octanol–water partition coefficient (Wildman–Crippen LogP) is 8.84. The Morgan fingerprint density at radius 2 is 1.71 bits per heavy atom. The van der Waals surface area contributed by atoms with Gasteiger partial charge in [-0.05, 0) is 110 Å². The van der Waals surface area contributed by atoms with Crippen LogP contribution in [0.2, 0.25) is 0 Å². The molecule has 4 aliphatic carbocycles. The molecule has 0 aromatic rings. The second kappa shape index (κ2) is 9.93. The van der Waals surface area contributed by atoms with Crippen molar-refractivity contribution in [2.45, 2.75) is 126 Å². The van der Waals surface area contributed by atoms with Crippen molar-refractivity contribution in [2.75, 3.05) is 0 Å². The lowest BCUT2D eigenvalue weighted by Crippen LogP contribution is -2.53. The molecule has 2 nitrogen and oxygen atoms in total. The van der Waals surface area contributed by atoms with E-state index in [1.165, 1.54) is 57.8 Å². The molecule has 3 saturated carbocycles. The lowest BCUT2D eigenvalue weighted by atomic mass is 9.46. The van der Waals surface area contributed by atoms with E-state index in [0.29, 0.717) is 22.7 Å². The highest BCUT2D eigenvalue weighted by Gasteiger charge is 2.59. The van der Waals surface area contributed by atoms with Gasteiger partial charge in [0.2, 0.25) is 0 Å². The molecular formula is C32H54O2. The van der Waals surface area contributed by atoms with Gasteiger partial charge in [-0.15, -0.1) is 0 Å². The van der Waals surface area contributed by atoms with Crippen molar-refractivity contribution in [3.63, 3.8) is 0 Å². The average Bonchev–Trinajstić information content (AvgIpc) is 3.13. The lowest BCUT2D eigenvalue weighted by Gasteiger charge is -2.59. The maximum atomic E-state index is 11.7. The zero-order valence-electron chi connectivity index (χ0n) is 23.7. The van der Waals surface area contributed by atoms with Gasteiger partial charge in [-0.2, -0.15) is 0 Å². The number of allylic oxidation sites excluding steroid dienone is 2. The van der Waals surface area contributed by atoms with Crippen molar-refractivity contribution in [3.05, 3.63) is 11.6 Å². The van der Waals surface area contributed by atoms with E-state index in [1.807, 2.05) is 5.57 Å². The van der Waals surface area contributed by atoms with Crippen LogP contribution in [0.15, 0.2) is 11.6 Å². The van der Waals surface area contributed by atoms with Gasteiger partial charge in [0.15, 0.2) is 0 Å². The summed E-state index contributed by atoms with van der Waals surface area (Å²) >= 11 is 0. The molecule has 10 unspecified atom stereocenters. The van der Waals surface area contributed by atoms with Crippen LogP contribution in [-0.4, -0.2) is 12.1 Å². The number of fused-ring (bicyclic) bond motifs is 5. The average molecular weight is 471 g/mol. The van der Waals surface area contributed by atoms with E-state index in [-0.39, 0.29) is 12.1 Å². The molecule has 0 aliphatic heterocycles. The molecule has 34 heavy (non-hydrogen) atoms. The van der Waals surface area contributed by atoms with Crippen molar-refractivity contribution in [1.29, 1.82) is 0 Å². The molecule has 2 heteroatoms. The Morgan fingerprint density at radius 1 is 1.03 bits per heavy atom. The molecule has 3 fully saturated rings. The van der Waals surface area contributed by atoms with Gasteiger partial charge in [0.1, 0.15) is 6.10 Å². The van der Waals surface area contributed by atoms with Crippen molar-refractivity contribution < 1.29 is 9.53 Å². The number of rotatable bonds is 7. The minimum absolute atomic E-state index is 0.106. The van der Waals surface area contributed by atoms with Gasteiger partial charge in [-0.3, -0.25) is 4.79 Å². The molecule has 0 N–H and O–H groups in total. The number of carbonyl (C=O) groups excluding carboxylic acids is 1. The Labute approximate surface area is 211 Å². The summed E-state index contributed by atoms with van der Waals surface area (Å²) in [7, 11) is 0. The Bertz CT molecular complexity index is 767. The molecule has 0 saturated heterocycles. The third kappa shape index (κ3) is 4.43. The number of carbonyl (C=O) groups is 1. The zero-order valence-corrected chi connectivity index (χ0v) is 23.7. The summed E-state index contributed by atoms with van der Waals surface area (Å²) in [4.78, 5) is 11.7. The topological polar surface area (TPSA) is 26.3 Å². The predicted molar refractivity (Wildman–Crippen MR) is 142 cm³/mol. The first-order valence-electron chi connectivity index (χ1n) is 14.9. The van der Waals surface area contributed by atoms with Gasteiger partial charge < -0.3 is 4.74 Å². The number of hydrogen-bond donors (Lipinski definition) is 0. The van der Waals surface area contributed by atoms with E-state index in [1.54, 1.807) is 6.92 Å². The summed E-state index contributed by atoms with van der Waals surface area (Å²) in [6, 6.07) is 0. The molecule has 194 valence electrons. The summed E-state index contributed by atoms with van der Waals surface area (Å²) in [5.41, 5.74) is 2.75. The van der Waals surface area contributed by atoms with Gasteiger partial charge in [-0.25, -0.2) is 0 Å². The summed E-state index contributed by atoms with van der Waals surface area (Å²) in [6.07, 6.45) is 16.1. The second-order valence-electron chi connectivity index (χ2n) is 13.9. The summed E-state index contributed by atoms with van der Waals surface area (Å²) < 4.78 is 5.76. The molecule has 0 spiro atoms. The van der Waals surface area contributed by atoms with Crippen LogP contribution in [-0.2, 0) is 9.53 Å². The van der Waals surface area contributed by atoms with Crippen LogP contribution in [0.1, 0.15) is 120 Å². The molecule has 4 rings (SSSR count). The molecule has 0 aromatic carbocycles. The monoisotopic (exact) mass is 470 g/mol. The molecule has 0 bridgehead atoms. The highest BCUT2D eigenvalue weighted by Crippen LogP contribution is 2.67. The first kappa shape index (κ1) is 26.3. The van der Waals surface area contributed by atoms with Crippen LogP contribution >= 0.6 is 0 Å². The van der Waals surface area contributed by atoms with E-state index in [2.05, 4.69) is 54.5 Å². The van der Waals surface area contributed by atoms with Crippen molar-refractivity contribution >= 4 is 5.97 Å². The third-order valence-electron chi connectivity index (χ3n) is 12.1. The largest absolute Gasteiger partial charge is 0.462 e. The lowest BCUT2D eigenvalue weighted by molar-refractivity contribution is -0.158. The van der Waals surface area contributed by atoms with Crippen molar-refractivity contribution in [2.24, 2.45) is 58.2 Å². The molecule has 0 amide bonds. The van der Waals surface area contributed by atoms with E-state index in [4.69, 9.17) is 4.74 Å². The highest BCUT2D eigenvalue weighted by atomic mass is 16.5. The van der Waals surface area contributed by atoms with Crippen LogP contribution in [0.4, 0.5) is 0 Å². The number of ether oxygens (including phenoxy) is 1. The third-order valence-corrected chi connectivity index (χ3v) is 12.1. The molecular weight excluding hydrogens is 416 g/mol. The fourth-order valence-electron chi connectivity index (χ4n) is 9.97. The standard InChI is InChI=1S/C32H54O2/c1-9-24(20(2)3)11-10-21(4)26-14-15-28-25-12-13-27-22(5)30(34-23(6)33)17-19-32(27,8)29(25)16-18-31(26,28)7/h12,20-22,24,26-30H,9-11,13-19H2,1-8H3. The highest BCUT2D eigenvalue weighted by molar-refractivity contribution is 5.66. The van der Waals surface area contributed by atoms with E-state index in [9.17, 15) is 4.79 Å². The van der Waals surface area contributed by atoms with E-state index >= 15 is 0 Å². The first-order chi connectivity index (χ1) is 16.0. The molecule has 0 heterocycles. The second-order valence-corrected chi connectivity index (χ2v) is 13.9. The Balaban J connectivity index is 1.49. The van der Waals surface area contributed by atoms with Gasteiger partial charge in [0, 0.05) is 6.92 Å². The van der Waals surface area contributed by atoms with Crippen molar-refractivity contribution in [3.8, 4) is 0 Å². The fourth-order valence-corrected chi connectivity index (χ4v) is 9.97. The quantitative estimate of drug-likeness (QED) is 0.274. The maximum Gasteiger partial charge on any atom is 0.302 e. The van der Waals surface area contributed by atoms with Gasteiger partial charge >= 0.3 is 5.97 Å². The van der Waals surface area contributed by atoms with Gasteiger partial charge in [-0.1, -0.05) is 73.0 Å². The summed E-state index contributed by atoms with van der Waals surface area (Å²) in [5.74, 6) is 6.04. The van der Waals surface area contributed by atoms with Crippen LogP contribution in [0.25, 0.3) is 0 Å². The van der Waals surface area contributed by atoms with E-state index in [0.717, 1.165) is 41.9 Å². The van der Waals surface area contributed by atoms with Crippen LogP contribution < -0.4 is 0 Å². The van der Waals surface area contributed by atoms with Crippen LogP contribution in [0.5, 0.6) is 0 Å². The summed E-state index contributed by atoms with van der Waals surface area (Å²) in [6.45, 7) is 19.0. The maximum absolute atomic E-state index is 11.7. The minimum Gasteiger partial charge on any atom is -0.462 e. The molecule has 0 radical (unpaired) electrons. The first-order valence-corrected chi connectivity index (χ1v) is 14.9. The van der Waals surface area contributed by atoms with Crippen LogP contribution in [0.3, 0.4) is 0 Å². The smallest absolute Gasteiger partial charge is 0.302 e. The number of esters is 1. The molecule has 4 aliphatic rings. The zero-order chi connectivity index (χ0) is 24.8. The Hall–Kier alpha value is -0.790.